The van der Waals surface area contributed by atoms with Crippen LogP contribution in [0.1, 0.15) is 62.3 Å². The zero-order chi connectivity index (χ0) is 18.1. The van der Waals surface area contributed by atoms with E-state index in [0.717, 1.165) is 41.8 Å². The summed E-state index contributed by atoms with van der Waals surface area (Å²) in [4.78, 5) is 17.1. The molecule has 2 fully saturated rings. The average molecular weight is 370 g/mol. The van der Waals surface area contributed by atoms with Gasteiger partial charge in [0.05, 0.1) is 11.3 Å². The van der Waals surface area contributed by atoms with E-state index in [1.807, 2.05) is 6.07 Å². The summed E-state index contributed by atoms with van der Waals surface area (Å²) in [6.45, 7) is 2.16. The monoisotopic (exact) mass is 369 g/mol. The zero-order valence-electron chi connectivity index (χ0n) is 15.5. The van der Waals surface area contributed by atoms with Crippen molar-refractivity contribution < 1.29 is 4.79 Å². The fourth-order valence-electron chi connectivity index (χ4n) is 5.25. The molecule has 2 saturated carbocycles. The Hall–Kier alpha value is -1.54. The third-order valence-electron chi connectivity index (χ3n) is 6.55. The Labute approximate surface area is 160 Å². The third-order valence-corrected chi connectivity index (χ3v) is 7.54. The third kappa shape index (κ3) is 3.62. The van der Waals surface area contributed by atoms with Crippen LogP contribution >= 0.6 is 11.8 Å². The van der Waals surface area contributed by atoms with Crippen LogP contribution in [0.4, 0.5) is 0 Å². The van der Waals surface area contributed by atoms with Crippen molar-refractivity contribution in [3.05, 3.63) is 22.9 Å². The summed E-state index contributed by atoms with van der Waals surface area (Å²) >= 11 is 1.41. The van der Waals surface area contributed by atoms with Crippen molar-refractivity contribution >= 4 is 17.7 Å². The molecule has 26 heavy (non-hydrogen) atoms. The van der Waals surface area contributed by atoms with Crippen LogP contribution in [0.2, 0.25) is 0 Å². The number of hydrogen-bond donors (Lipinski definition) is 1. The Morgan fingerprint density at radius 3 is 2.96 bits per heavy atom. The lowest BCUT2D eigenvalue weighted by Crippen LogP contribution is -2.40. The Morgan fingerprint density at radius 2 is 2.23 bits per heavy atom. The van der Waals surface area contributed by atoms with E-state index in [9.17, 15) is 10.1 Å². The van der Waals surface area contributed by atoms with Gasteiger partial charge in [-0.05, 0) is 81.3 Å². The second-order valence-electron chi connectivity index (χ2n) is 8.25. The molecule has 0 radical (unpaired) electrons. The second-order valence-corrected chi connectivity index (χ2v) is 9.21. The first-order valence-electron chi connectivity index (χ1n) is 9.99. The number of hydrogen-bond acceptors (Lipinski definition) is 4. The molecule has 4 unspecified atom stereocenters. The maximum atomic E-state index is 12.4. The molecule has 138 valence electrons. The van der Waals surface area contributed by atoms with E-state index >= 15 is 0 Å². The van der Waals surface area contributed by atoms with Crippen molar-refractivity contribution in [2.24, 2.45) is 17.8 Å². The first-order chi connectivity index (χ1) is 12.6. The number of nitriles is 1. The number of aryl methyl sites for hydroxylation is 2. The number of thioether (sulfide) groups is 1. The summed E-state index contributed by atoms with van der Waals surface area (Å²) < 4.78 is 0. The molecule has 0 spiro atoms. The predicted molar refractivity (Wildman–Crippen MR) is 103 cm³/mol. The van der Waals surface area contributed by atoms with Gasteiger partial charge in [-0.1, -0.05) is 18.2 Å². The van der Waals surface area contributed by atoms with Crippen LogP contribution in [0.3, 0.4) is 0 Å². The van der Waals surface area contributed by atoms with Crippen molar-refractivity contribution in [2.75, 3.05) is 5.75 Å². The molecule has 3 aliphatic carbocycles. The fraction of sp³-hybridized carbons (Fsp3) is 0.667. The van der Waals surface area contributed by atoms with Gasteiger partial charge in [-0.25, -0.2) is 4.98 Å². The van der Waals surface area contributed by atoms with E-state index in [1.165, 1.54) is 49.4 Å². The smallest absolute Gasteiger partial charge is 0.230 e. The van der Waals surface area contributed by atoms with E-state index in [4.69, 9.17) is 4.98 Å². The predicted octanol–water partition coefficient (Wildman–Crippen LogP) is 3.87. The average Bonchev–Trinajstić information content (AvgIpc) is 3.29. The molecule has 1 amide bonds. The van der Waals surface area contributed by atoms with E-state index in [0.29, 0.717) is 17.2 Å². The van der Waals surface area contributed by atoms with Crippen LogP contribution in [0, 0.1) is 29.1 Å². The maximum absolute atomic E-state index is 12.4. The van der Waals surface area contributed by atoms with E-state index < -0.39 is 0 Å². The first-order valence-corrected chi connectivity index (χ1v) is 11.0. The summed E-state index contributed by atoms with van der Waals surface area (Å²) in [5, 5.41) is 13.4. The minimum absolute atomic E-state index is 0.0636. The first kappa shape index (κ1) is 17.9. The number of carbonyl (C=O) groups excluding carboxylic acids is 1. The number of nitrogens with zero attached hydrogens (tertiary/aromatic N) is 2. The highest BCUT2D eigenvalue weighted by molar-refractivity contribution is 8.00. The summed E-state index contributed by atoms with van der Waals surface area (Å²) in [5.41, 5.74) is 2.95. The highest BCUT2D eigenvalue weighted by Gasteiger charge is 2.42. The lowest BCUT2D eigenvalue weighted by molar-refractivity contribution is -0.119. The summed E-state index contributed by atoms with van der Waals surface area (Å²) in [6.07, 6.45) is 9.72. The van der Waals surface area contributed by atoms with Gasteiger partial charge in [-0.15, -0.1) is 0 Å². The molecule has 0 aromatic carbocycles. The molecule has 4 atom stereocenters. The lowest BCUT2D eigenvalue weighted by atomic mass is 9.84. The summed E-state index contributed by atoms with van der Waals surface area (Å²) in [5.74, 6) is 2.77. The molecule has 4 nitrogen and oxygen atoms in total. The van der Waals surface area contributed by atoms with Gasteiger partial charge in [-0.2, -0.15) is 5.26 Å². The molecule has 2 bridgehead atoms. The standard InChI is InChI=1S/C21H27N3OS/c1-13(18-9-14-6-7-15(18)8-14)23-20(25)12-26-21-17(11-22)10-16-4-2-3-5-19(16)24-21/h10,13-15,18H,2-9,12H2,1H3,(H,23,25). The molecule has 1 heterocycles. The van der Waals surface area contributed by atoms with Crippen molar-refractivity contribution in [1.82, 2.24) is 10.3 Å². The highest BCUT2D eigenvalue weighted by Crippen LogP contribution is 2.49. The van der Waals surface area contributed by atoms with Crippen LogP contribution in [0.15, 0.2) is 11.1 Å². The second kappa shape index (κ2) is 7.60. The SMILES string of the molecule is CC(NC(=O)CSc1nc2c(cc1C#N)CCCC2)C1CC2CCC1C2. The molecule has 0 saturated heterocycles. The van der Waals surface area contributed by atoms with Crippen LogP contribution in [-0.4, -0.2) is 22.7 Å². The quantitative estimate of drug-likeness (QED) is 0.800. The van der Waals surface area contributed by atoms with Crippen LogP contribution < -0.4 is 5.32 Å². The number of rotatable bonds is 5. The van der Waals surface area contributed by atoms with Gasteiger partial charge in [0, 0.05) is 11.7 Å². The summed E-state index contributed by atoms with van der Waals surface area (Å²) in [6, 6.07) is 4.50. The molecular formula is C21H27N3OS. The number of fused-ring (bicyclic) bond motifs is 3. The molecule has 3 aliphatic rings. The van der Waals surface area contributed by atoms with Gasteiger partial charge in [0.1, 0.15) is 11.1 Å². The minimum Gasteiger partial charge on any atom is -0.353 e. The van der Waals surface area contributed by atoms with E-state index in [-0.39, 0.29) is 11.9 Å². The number of aromatic nitrogens is 1. The zero-order valence-corrected chi connectivity index (χ0v) is 16.3. The van der Waals surface area contributed by atoms with Crippen molar-refractivity contribution in [3.63, 3.8) is 0 Å². The molecule has 1 aromatic heterocycles. The van der Waals surface area contributed by atoms with Gasteiger partial charge in [0.2, 0.25) is 5.91 Å². The van der Waals surface area contributed by atoms with Crippen LogP contribution in [0.5, 0.6) is 0 Å². The summed E-state index contributed by atoms with van der Waals surface area (Å²) in [7, 11) is 0. The highest BCUT2D eigenvalue weighted by atomic mass is 32.2. The van der Waals surface area contributed by atoms with E-state index in [1.54, 1.807) is 0 Å². The van der Waals surface area contributed by atoms with Gasteiger partial charge in [0.15, 0.2) is 0 Å². The van der Waals surface area contributed by atoms with Crippen molar-refractivity contribution in [2.45, 2.75) is 69.4 Å². The maximum Gasteiger partial charge on any atom is 0.230 e. The van der Waals surface area contributed by atoms with Crippen LogP contribution in [-0.2, 0) is 17.6 Å². The fourth-order valence-corrected chi connectivity index (χ4v) is 6.03. The van der Waals surface area contributed by atoms with Crippen LogP contribution in [0.25, 0.3) is 0 Å². The molecule has 1 N–H and O–H groups in total. The normalized spacial score (nSPS) is 27.6. The number of amides is 1. The Morgan fingerprint density at radius 1 is 1.38 bits per heavy atom. The molecule has 0 aliphatic heterocycles. The molecule has 4 rings (SSSR count). The largest absolute Gasteiger partial charge is 0.353 e. The minimum atomic E-state index is 0.0636. The Balaban J connectivity index is 1.35. The molecule has 5 heteroatoms. The molecular weight excluding hydrogens is 342 g/mol. The van der Waals surface area contributed by atoms with Gasteiger partial charge in [0.25, 0.3) is 0 Å². The van der Waals surface area contributed by atoms with Crippen molar-refractivity contribution in [3.8, 4) is 6.07 Å². The number of nitrogens with one attached hydrogen (secondary N) is 1. The Kier molecular flexibility index (Phi) is 5.22. The number of carbonyl (C=O) groups is 1. The van der Waals surface area contributed by atoms with Gasteiger partial charge < -0.3 is 5.32 Å². The number of pyridine rings is 1. The lowest BCUT2D eigenvalue weighted by Gasteiger charge is -2.28. The molecule has 1 aromatic rings. The van der Waals surface area contributed by atoms with Crippen molar-refractivity contribution in [1.29, 1.82) is 5.26 Å². The van der Waals surface area contributed by atoms with Gasteiger partial charge >= 0.3 is 0 Å². The van der Waals surface area contributed by atoms with Gasteiger partial charge in [-0.3, -0.25) is 4.79 Å². The topological polar surface area (TPSA) is 65.8 Å². The van der Waals surface area contributed by atoms with E-state index in [2.05, 4.69) is 18.3 Å². The Bertz CT molecular complexity index is 742.